The molecule has 1 atom stereocenters. The van der Waals surface area contributed by atoms with Gasteiger partial charge in [0.25, 0.3) is 5.91 Å². The highest BCUT2D eigenvalue weighted by Crippen LogP contribution is 2.04. The predicted octanol–water partition coefficient (Wildman–Crippen LogP) is -0.138. The largest absolute Gasteiger partial charge is 0.353 e. The highest BCUT2D eigenvalue weighted by atomic mass is 16.2. The number of hydrogen-bond donors (Lipinski definition) is 3. The molecule has 1 saturated heterocycles. The van der Waals surface area contributed by atoms with Crippen molar-refractivity contribution >= 4 is 17.8 Å². The summed E-state index contributed by atoms with van der Waals surface area (Å²) in [5, 5.41) is 7.15. The number of carbonyl (C=O) groups is 3. The second-order valence-electron chi connectivity index (χ2n) is 4.49. The van der Waals surface area contributed by atoms with E-state index in [4.69, 9.17) is 0 Å². The number of aryl methyl sites for hydroxylation is 1. The molecule has 100 valence electrons. The van der Waals surface area contributed by atoms with Crippen LogP contribution >= 0.6 is 0 Å². The van der Waals surface area contributed by atoms with E-state index in [-0.39, 0.29) is 18.9 Å². The minimum atomic E-state index is -0.686. The summed E-state index contributed by atoms with van der Waals surface area (Å²) in [5.41, 5.74) is 2.00. The lowest BCUT2D eigenvalue weighted by Gasteiger charge is -2.09. The van der Waals surface area contributed by atoms with Crippen molar-refractivity contribution in [2.75, 3.05) is 6.54 Å². The van der Waals surface area contributed by atoms with Crippen LogP contribution in [0.4, 0.5) is 4.79 Å². The molecule has 1 aromatic carbocycles. The molecular formula is C13H15N3O3. The van der Waals surface area contributed by atoms with Crippen molar-refractivity contribution in [3.05, 3.63) is 35.4 Å². The van der Waals surface area contributed by atoms with Gasteiger partial charge in [-0.05, 0) is 12.5 Å². The summed E-state index contributed by atoms with van der Waals surface area (Å²) in [6.07, 6.45) is 0.254. The number of imide groups is 1. The van der Waals surface area contributed by atoms with Gasteiger partial charge >= 0.3 is 6.03 Å². The van der Waals surface area contributed by atoms with Crippen LogP contribution in [0.25, 0.3) is 0 Å². The monoisotopic (exact) mass is 261 g/mol. The summed E-state index contributed by atoms with van der Waals surface area (Å²) in [4.78, 5) is 33.8. The molecule has 1 heterocycles. The van der Waals surface area contributed by atoms with Crippen LogP contribution in [0.5, 0.6) is 0 Å². The fourth-order valence-electron chi connectivity index (χ4n) is 1.89. The van der Waals surface area contributed by atoms with E-state index >= 15 is 0 Å². The average molecular weight is 261 g/mol. The van der Waals surface area contributed by atoms with Crippen molar-refractivity contribution < 1.29 is 14.4 Å². The van der Waals surface area contributed by atoms with Crippen LogP contribution < -0.4 is 16.0 Å². The molecule has 0 aliphatic carbocycles. The van der Waals surface area contributed by atoms with Gasteiger partial charge in [-0.1, -0.05) is 29.8 Å². The van der Waals surface area contributed by atoms with Crippen LogP contribution in [0.1, 0.15) is 11.1 Å². The molecule has 6 heteroatoms. The summed E-state index contributed by atoms with van der Waals surface area (Å²) in [6, 6.07) is 6.44. The molecule has 0 bridgehead atoms. The van der Waals surface area contributed by atoms with Crippen LogP contribution in [0.2, 0.25) is 0 Å². The lowest BCUT2D eigenvalue weighted by Crippen LogP contribution is -2.42. The Morgan fingerprint density at radius 3 is 2.79 bits per heavy atom. The number of amides is 4. The van der Waals surface area contributed by atoms with Crippen molar-refractivity contribution in [3.63, 3.8) is 0 Å². The second kappa shape index (κ2) is 5.51. The molecule has 6 nitrogen and oxygen atoms in total. The molecule has 0 saturated carbocycles. The average Bonchev–Trinajstić information content (AvgIpc) is 2.65. The van der Waals surface area contributed by atoms with Gasteiger partial charge in [0.1, 0.15) is 6.04 Å². The van der Waals surface area contributed by atoms with E-state index in [1.54, 1.807) is 0 Å². The maximum atomic E-state index is 11.7. The van der Waals surface area contributed by atoms with Crippen LogP contribution in [0.15, 0.2) is 24.3 Å². The van der Waals surface area contributed by atoms with E-state index in [0.717, 1.165) is 11.1 Å². The molecule has 0 radical (unpaired) electrons. The molecule has 1 aromatic rings. The van der Waals surface area contributed by atoms with E-state index in [1.165, 1.54) is 0 Å². The lowest BCUT2D eigenvalue weighted by molar-refractivity contribution is -0.121. The number of carbonyl (C=O) groups excluding carboxylic acids is 3. The Morgan fingerprint density at radius 2 is 2.16 bits per heavy atom. The summed E-state index contributed by atoms with van der Waals surface area (Å²) < 4.78 is 0. The maximum absolute atomic E-state index is 11.7. The molecule has 1 aliphatic rings. The minimum Gasteiger partial charge on any atom is -0.353 e. The Kier molecular flexibility index (Phi) is 3.79. The van der Waals surface area contributed by atoms with Gasteiger partial charge < -0.3 is 10.6 Å². The Labute approximate surface area is 110 Å². The van der Waals surface area contributed by atoms with Gasteiger partial charge in [0.2, 0.25) is 5.91 Å². The normalized spacial score (nSPS) is 17.8. The van der Waals surface area contributed by atoms with Gasteiger partial charge in [-0.3, -0.25) is 14.9 Å². The SMILES string of the molecule is Cc1cccc(CC(=O)NCC2NC(=O)NC2=O)c1. The summed E-state index contributed by atoms with van der Waals surface area (Å²) in [7, 11) is 0. The highest BCUT2D eigenvalue weighted by Gasteiger charge is 2.29. The first-order valence-electron chi connectivity index (χ1n) is 5.98. The van der Waals surface area contributed by atoms with Crippen molar-refractivity contribution in [1.82, 2.24) is 16.0 Å². The molecule has 4 amide bonds. The van der Waals surface area contributed by atoms with Gasteiger partial charge in [-0.25, -0.2) is 4.79 Å². The van der Waals surface area contributed by atoms with E-state index in [9.17, 15) is 14.4 Å². The molecule has 1 unspecified atom stereocenters. The Morgan fingerprint density at radius 1 is 1.37 bits per heavy atom. The zero-order chi connectivity index (χ0) is 13.8. The number of nitrogens with one attached hydrogen (secondary N) is 3. The third kappa shape index (κ3) is 3.54. The first kappa shape index (κ1) is 13.1. The molecule has 0 spiro atoms. The zero-order valence-corrected chi connectivity index (χ0v) is 10.5. The minimum absolute atomic E-state index is 0.0994. The molecule has 1 aliphatic heterocycles. The summed E-state index contributed by atoms with van der Waals surface area (Å²) in [5.74, 6) is -0.597. The summed E-state index contributed by atoms with van der Waals surface area (Å²) in [6.45, 7) is 2.06. The Bertz CT molecular complexity index is 528. The van der Waals surface area contributed by atoms with Gasteiger partial charge in [-0.2, -0.15) is 0 Å². The third-order valence-corrected chi connectivity index (χ3v) is 2.81. The number of hydrogen-bond acceptors (Lipinski definition) is 3. The topological polar surface area (TPSA) is 87.3 Å². The fraction of sp³-hybridized carbons (Fsp3) is 0.308. The van der Waals surface area contributed by atoms with Gasteiger partial charge in [0, 0.05) is 6.54 Å². The molecule has 2 rings (SSSR count). The predicted molar refractivity (Wildman–Crippen MR) is 68.4 cm³/mol. The standard InChI is InChI=1S/C13H15N3O3/c1-8-3-2-4-9(5-8)6-11(17)14-7-10-12(18)16-13(19)15-10/h2-5,10H,6-7H2,1H3,(H,14,17)(H2,15,16,18,19). The number of urea groups is 1. The van der Waals surface area contributed by atoms with Crippen molar-refractivity contribution in [2.45, 2.75) is 19.4 Å². The summed E-state index contributed by atoms with van der Waals surface area (Å²) >= 11 is 0. The quantitative estimate of drug-likeness (QED) is 0.659. The molecule has 1 fully saturated rings. The van der Waals surface area contributed by atoms with E-state index in [2.05, 4.69) is 16.0 Å². The van der Waals surface area contributed by atoms with E-state index in [1.807, 2.05) is 31.2 Å². The van der Waals surface area contributed by atoms with Gasteiger partial charge in [0.05, 0.1) is 6.42 Å². The van der Waals surface area contributed by atoms with E-state index in [0.29, 0.717) is 0 Å². The van der Waals surface area contributed by atoms with Gasteiger partial charge in [-0.15, -0.1) is 0 Å². The molecular weight excluding hydrogens is 246 g/mol. The van der Waals surface area contributed by atoms with Crippen molar-refractivity contribution in [3.8, 4) is 0 Å². The van der Waals surface area contributed by atoms with Crippen LogP contribution in [-0.4, -0.2) is 30.4 Å². The smallest absolute Gasteiger partial charge is 0.322 e. The Hall–Kier alpha value is -2.37. The third-order valence-electron chi connectivity index (χ3n) is 2.81. The van der Waals surface area contributed by atoms with Crippen molar-refractivity contribution in [1.29, 1.82) is 0 Å². The highest BCUT2D eigenvalue weighted by molar-refractivity contribution is 6.04. The molecule has 19 heavy (non-hydrogen) atoms. The molecule has 0 aromatic heterocycles. The van der Waals surface area contributed by atoms with Gasteiger partial charge in [0.15, 0.2) is 0 Å². The lowest BCUT2D eigenvalue weighted by atomic mass is 10.1. The maximum Gasteiger partial charge on any atom is 0.322 e. The zero-order valence-electron chi connectivity index (χ0n) is 10.5. The van der Waals surface area contributed by atoms with E-state index < -0.39 is 18.0 Å². The van der Waals surface area contributed by atoms with Crippen LogP contribution in [0.3, 0.4) is 0 Å². The first-order valence-corrected chi connectivity index (χ1v) is 5.98. The van der Waals surface area contributed by atoms with Crippen molar-refractivity contribution in [2.24, 2.45) is 0 Å². The molecule has 3 N–H and O–H groups in total. The second-order valence-corrected chi connectivity index (χ2v) is 4.49. The fourth-order valence-corrected chi connectivity index (χ4v) is 1.89. The first-order chi connectivity index (χ1) is 9.04. The number of rotatable bonds is 4. The Balaban J connectivity index is 1.82. The number of benzene rings is 1. The van der Waals surface area contributed by atoms with Crippen LogP contribution in [-0.2, 0) is 16.0 Å². The van der Waals surface area contributed by atoms with Crippen LogP contribution in [0, 0.1) is 6.92 Å².